The topological polar surface area (TPSA) is 89.5 Å². The fraction of sp³-hybridized carbons (Fsp3) is 0.480. The minimum absolute atomic E-state index is 0.0186. The number of likely N-dealkylation sites (tertiary alicyclic amines) is 1. The molecule has 0 spiro atoms. The fourth-order valence-corrected chi connectivity index (χ4v) is 8.18. The van der Waals surface area contributed by atoms with Crippen LogP contribution in [-0.2, 0) is 27.7 Å². The Hall–Kier alpha value is -1.36. The van der Waals surface area contributed by atoms with E-state index in [4.69, 9.17) is 23.2 Å². The van der Waals surface area contributed by atoms with Gasteiger partial charge in [-0.2, -0.15) is 0 Å². The summed E-state index contributed by atoms with van der Waals surface area (Å²) in [6.45, 7) is 1.93. The van der Waals surface area contributed by atoms with Crippen LogP contribution in [0.4, 0.5) is 4.39 Å². The first kappa shape index (κ1) is 26.3. The van der Waals surface area contributed by atoms with Crippen molar-refractivity contribution < 1.29 is 22.2 Å². The highest BCUT2D eigenvalue weighted by Crippen LogP contribution is 2.43. The standard InChI is InChI=1S/C25H27Cl2FN2O4S2/c26-17-10-18(27)12-20(11-17)35(32)19-5-7-30(8-6-19)14-16-9-24(28)23(13-22(16)15-1-2-15)25(31)29-36(33,34)21-3-4-21/h9-13,15,19,21H,1-8,14H2,(H,29,31). The molecule has 0 aromatic heterocycles. The predicted octanol–water partition coefficient (Wildman–Crippen LogP) is 5.00. The third kappa shape index (κ3) is 6.03. The molecule has 1 saturated heterocycles. The Morgan fingerprint density at radius 2 is 1.67 bits per heavy atom. The van der Waals surface area contributed by atoms with Crippen molar-refractivity contribution in [2.75, 3.05) is 13.1 Å². The SMILES string of the molecule is O=C(NS(=O)(=O)C1CC1)c1cc(C2CC2)c(CN2CCC([S+]([O-])c3cc(Cl)cc(Cl)c3)CC2)cc1F. The van der Waals surface area contributed by atoms with Crippen molar-refractivity contribution in [2.24, 2.45) is 0 Å². The molecule has 1 aliphatic heterocycles. The monoisotopic (exact) mass is 572 g/mol. The maximum Gasteiger partial charge on any atom is 0.267 e. The maximum atomic E-state index is 15.0. The molecule has 36 heavy (non-hydrogen) atoms. The smallest absolute Gasteiger partial charge is 0.267 e. The zero-order valence-electron chi connectivity index (χ0n) is 19.5. The van der Waals surface area contributed by atoms with E-state index in [-0.39, 0.29) is 16.7 Å². The molecule has 0 radical (unpaired) electrons. The van der Waals surface area contributed by atoms with Crippen LogP contribution in [0.2, 0.25) is 10.0 Å². The largest absolute Gasteiger partial charge is 0.611 e. The van der Waals surface area contributed by atoms with Gasteiger partial charge in [0.25, 0.3) is 5.91 Å². The van der Waals surface area contributed by atoms with E-state index in [0.717, 1.165) is 36.8 Å². The first-order valence-electron chi connectivity index (χ1n) is 12.1. The van der Waals surface area contributed by atoms with Crippen molar-refractivity contribution in [1.82, 2.24) is 9.62 Å². The zero-order chi connectivity index (χ0) is 25.6. The quantitative estimate of drug-likeness (QED) is 0.449. The van der Waals surface area contributed by atoms with E-state index in [1.807, 2.05) is 4.72 Å². The highest BCUT2D eigenvalue weighted by atomic mass is 35.5. The summed E-state index contributed by atoms with van der Waals surface area (Å²) in [6.07, 6.45) is 4.41. The Morgan fingerprint density at radius 3 is 2.25 bits per heavy atom. The summed E-state index contributed by atoms with van der Waals surface area (Å²) in [5.74, 6) is -1.37. The van der Waals surface area contributed by atoms with Gasteiger partial charge >= 0.3 is 0 Å². The van der Waals surface area contributed by atoms with Crippen LogP contribution in [0.25, 0.3) is 0 Å². The van der Waals surface area contributed by atoms with Gasteiger partial charge in [0.05, 0.1) is 10.8 Å². The number of hydrogen-bond donors (Lipinski definition) is 1. The number of benzene rings is 2. The first-order valence-corrected chi connectivity index (χ1v) is 15.6. The number of carbonyl (C=O) groups is 1. The molecule has 1 N–H and O–H groups in total. The highest BCUT2D eigenvalue weighted by Gasteiger charge is 2.38. The second kappa shape index (κ2) is 10.4. The summed E-state index contributed by atoms with van der Waals surface area (Å²) in [5.41, 5.74) is 1.50. The van der Waals surface area contributed by atoms with Crippen LogP contribution in [0.1, 0.15) is 65.9 Å². The molecule has 3 fully saturated rings. The molecule has 2 aromatic rings. The fourth-order valence-electron chi connectivity index (χ4n) is 4.72. The van der Waals surface area contributed by atoms with Gasteiger partial charge in [-0.05, 0) is 72.1 Å². The Morgan fingerprint density at radius 1 is 1.03 bits per heavy atom. The van der Waals surface area contributed by atoms with Crippen LogP contribution in [0, 0.1) is 5.82 Å². The first-order chi connectivity index (χ1) is 17.1. The summed E-state index contributed by atoms with van der Waals surface area (Å²) in [4.78, 5) is 15.4. The third-order valence-corrected chi connectivity index (χ3v) is 11.0. The molecule has 6 nitrogen and oxygen atoms in total. The zero-order valence-corrected chi connectivity index (χ0v) is 22.7. The lowest BCUT2D eigenvalue weighted by Crippen LogP contribution is -2.39. The molecule has 3 aliphatic rings. The molecule has 1 amide bonds. The second-order valence-electron chi connectivity index (χ2n) is 9.86. The number of amides is 1. The summed E-state index contributed by atoms with van der Waals surface area (Å²) in [7, 11) is -3.75. The lowest BCUT2D eigenvalue weighted by atomic mass is 9.98. The molecular weight excluding hydrogens is 546 g/mol. The molecular formula is C25H27Cl2FN2O4S2. The number of piperidine rings is 1. The minimum Gasteiger partial charge on any atom is -0.611 e. The Balaban J connectivity index is 1.26. The van der Waals surface area contributed by atoms with Gasteiger partial charge < -0.3 is 4.55 Å². The molecule has 0 bridgehead atoms. The number of rotatable bonds is 8. The third-order valence-electron chi connectivity index (χ3n) is 6.99. The van der Waals surface area contributed by atoms with E-state index in [1.165, 1.54) is 12.1 Å². The van der Waals surface area contributed by atoms with Crippen LogP contribution in [0.15, 0.2) is 35.2 Å². The lowest BCUT2D eigenvalue weighted by Gasteiger charge is -2.33. The summed E-state index contributed by atoms with van der Waals surface area (Å²) in [5, 5.41) is 0.343. The van der Waals surface area contributed by atoms with Gasteiger partial charge in [0.2, 0.25) is 10.0 Å². The van der Waals surface area contributed by atoms with Crippen molar-refractivity contribution in [3.05, 3.63) is 62.9 Å². The van der Waals surface area contributed by atoms with Crippen LogP contribution < -0.4 is 4.72 Å². The van der Waals surface area contributed by atoms with E-state index in [0.29, 0.717) is 47.4 Å². The van der Waals surface area contributed by atoms with Gasteiger partial charge in [-0.25, -0.2) is 17.5 Å². The minimum atomic E-state index is -3.75. The van der Waals surface area contributed by atoms with Gasteiger partial charge in [-0.15, -0.1) is 0 Å². The van der Waals surface area contributed by atoms with E-state index >= 15 is 0 Å². The number of nitrogens with zero attached hydrogens (tertiary/aromatic N) is 1. The molecule has 1 unspecified atom stereocenters. The van der Waals surface area contributed by atoms with Gasteiger partial charge in [0, 0.05) is 54.7 Å². The number of carbonyl (C=O) groups excluding carboxylic acids is 1. The van der Waals surface area contributed by atoms with E-state index in [2.05, 4.69) is 4.90 Å². The average molecular weight is 574 g/mol. The number of hydrogen-bond acceptors (Lipinski definition) is 5. The van der Waals surface area contributed by atoms with Crippen LogP contribution >= 0.6 is 23.2 Å². The summed E-state index contributed by atoms with van der Waals surface area (Å²) >= 11 is 10.9. The molecule has 2 aliphatic carbocycles. The Kier molecular flexibility index (Phi) is 7.60. The van der Waals surface area contributed by atoms with Crippen molar-refractivity contribution in [3.8, 4) is 0 Å². The van der Waals surface area contributed by atoms with Crippen LogP contribution in [0.5, 0.6) is 0 Å². The molecule has 5 rings (SSSR count). The normalized spacial score (nSPS) is 20.3. The highest BCUT2D eigenvalue weighted by molar-refractivity contribution is 7.92. The molecule has 1 atom stereocenters. The molecule has 1 heterocycles. The predicted molar refractivity (Wildman–Crippen MR) is 139 cm³/mol. The van der Waals surface area contributed by atoms with Gasteiger partial charge in [-0.1, -0.05) is 23.2 Å². The van der Waals surface area contributed by atoms with E-state index in [9.17, 15) is 22.2 Å². The number of nitrogens with one attached hydrogen (secondary N) is 1. The van der Waals surface area contributed by atoms with Crippen molar-refractivity contribution in [1.29, 1.82) is 0 Å². The number of halogens is 3. The Bertz CT molecular complexity index is 1260. The van der Waals surface area contributed by atoms with E-state index in [1.54, 1.807) is 18.2 Å². The van der Waals surface area contributed by atoms with Crippen molar-refractivity contribution >= 4 is 50.3 Å². The lowest BCUT2D eigenvalue weighted by molar-refractivity contribution is 0.0977. The molecule has 11 heteroatoms. The Labute approximate surface area is 223 Å². The number of sulfonamides is 1. The second-order valence-corrected chi connectivity index (χ2v) is 14.4. The summed E-state index contributed by atoms with van der Waals surface area (Å²) in [6, 6.07) is 7.90. The molecule has 2 saturated carbocycles. The van der Waals surface area contributed by atoms with Crippen LogP contribution in [0.3, 0.4) is 0 Å². The van der Waals surface area contributed by atoms with Crippen LogP contribution in [-0.4, -0.2) is 47.4 Å². The summed E-state index contributed by atoms with van der Waals surface area (Å²) < 4.78 is 54.4. The van der Waals surface area contributed by atoms with Gasteiger partial charge in [0.15, 0.2) is 4.90 Å². The van der Waals surface area contributed by atoms with Crippen molar-refractivity contribution in [3.63, 3.8) is 0 Å². The molecule has 194 valence electrons. The molecule has 2 aromatic carbocycles. The van der Waals surface area contributed by atoms with E-state index < -0.39 is 38.2 Å². The van der Waals surface area contributed by atoms with Gasteiger partial charge in [0.1, 0.15) is 11.1 Å². The van der Waals surface area contributed by atoms with Gasteiger partial charge in [-0.3, -0.25) is 9.69 Å². The van der Waals surface area contributed by atoms with Crippen molar-refractivity contribution in [2.45, 2.75) is 66.4 Å². The average Bonchev–Trinajstić information content (AvgIpc) is 3.71. The maximum absolute atomic E-state index is 15.0.